The minimum Gasteiger partial charge on any atom is -0.394 e. The Morgan fingerprint density at radius 1 is 1.11 bits per heavy atom. The largest absolute Gasteiger partial charge is 0.394 e. The Labute approximate surface area is 160 Å². The normalized spacial score (nSPS) is 36.5. The number of aliphatic hydroxyl groups excluding tert-OH is 4. The fourth-order valence-corrected chi connectivity index (χ4v) is 4.41. The van der Waals surface area contributed by atoms with Crippen LogP contribution in [0.15, 0.2) is 6.07 Å². The highest BCUT2D eigenvalue weighted by Crippen LogP contribution is 2.41. The molecule has 3 rings (SSSR count). The molecule has 1 fully saturated rings. The molecule has 1 heterocycles. The molecule has 0 amide bonds. The summed E-state index contributed by atoms with van der Waals surface area (Å²) < 4.78 is 11.4. The van der Waals surface area contributed by atoms with Crippen molar-refractivity contribution in [3.63, 3.8) is 0 Å². The van der Waals surface area contributed by atoms with Gasteiger partial charge in [0.15, 0.2) is 6.29 Å². The maximum absolute atomic E-state index is 10.2. The van der Waals surface area contributed by atoms with Crippen LogP contribution in [-0.2, 0) is 21.3 Å². The second-order valence-corrected chi connectivity index (χ2v) is 8.39. The van der Waals surface area contributed by atoms with Crippen molar-refractivity contribution in [2.75, 3.05) is 13.2 Å². The summed E-state index contributed by atoms with van der Waals surface area (Å²) in [5.74, 6) is 0. The van der Waals surface area contributed by atoms with Crippen LogP contribution >= 0.6 is 0 Å². The molecule has 6 heteroatoms. The molecule has 0 saturated carbocycles. The molecule has 152 valence electrons. The molecule has 0 spiro atoms. The van der Waals surface area contributed by atoms with E-state index in [4.69, 9.17) is 9.47 Å². The molecule has 1 saturated heterocycles. The summed E-state index contributed by atoms with van der Waals surface area (Å²) in [5, 5.41) is 39.4. The average molecular weight is 380 g/mol. The van der Waals surface area contributed by atoms with E-state index in [1.54, 1.807) is 0 Å². The van der Waals surface area contributed by atoms with Crippen LogP contribution < -0.4 is 0 Å². The van der Waals surface area contributed by atoms with Gasteiger partial charge in [0.05, 0.1) is 13.2 Å². The molecule has 6 unspecified atom stereocenters. The molecule has 1 aliphatic carbocycles. The Bertz CT molecular complexity index is 688. The third kappa shape index (κ3) is 3.67. The van der Waals surface area contributed by atoms with Crippen LogP contribution in [-0.4, -0.2) is 64.3 Å². The SMILES string of the molecule is Cc1cc2c(c(C)c1C)CCCC2(C)COC1OC(CO)C(O)C(O)C1O. The predicted octanol–water partition coefficient (Wildman–Crippen LogP) is 1.02. The first-order chi connectivity index (χ1) is 12.7. The van der Waals surface area contributed by atoms with Crippen molar-refractivity contribution in [3.8, 4) is 0 Å². The second-order valence-electron chi connectivity index (χ2n) is 8.39. The highest BCUT2D eigenvalue weighted by Gasteiger charge is 2.45. The first kappa shape index (κ1) is 20.7. The number of rotatable bonds is 4. The van der Waals surface area contributed by atoms with Crippen LogP contribution in [0.5, 0.6) is 0 Å². The van der Waals surface area contributed by atoms with Gasteiger partial charge >= 0.3 is 0 Å². The van der Waals surface area contributed by atoms with Crippen molar-refractivity contribution in [2.45, 2.75) is 83.1 Å². The van der Waals surface area contributed by atoms with Gasteiger partial charge in [0.2, 0.25) is 0 Å². The van der Waals surface area contributed by atoms with Gasteiger partial charge in [0, 0.05) is 5.41 Å². The summed E-state index contributed by atoms with van der Waals surface area (Å²) in [6.07, 6.45) is -3.12. The zero-order valence-corrected chi connectivity index (χ0v) is 16.6. The molecule has 4 N–H and O–H groups in total. The van der Waals surface area contributed by atoms with Crippen LogP contribution in [0, 0.1) is 20.8 Å². The molecule has 1 aromatic rings. The van der Waals surface area contributed by atoms with Gasteiger partial charge in [-0.15, -0.1) is 0 Å². The topological polar surface area (TPSA) is 99.4 Å². The molecule has 6 nitrogen and oxygen atoms in total. The highest BCUT2D eigenvalue weighted by atomic mass is 16.7. The van der Waals surface area contributed by atoms with Crippen LogP contribution in [0.25, 0.3) is 0 Å². The van der Waals surface area contributed by atoms with Gasteiger partial charge in [0.25, 0.3) is 0 Å². The standard InChI is InChI=1S/C21H32O6/c1-11-8-15-14(13(3)12(11)2)6-5-7-21(15,4)10-26-20-19(25)18(24)17(23)16(9-22)27-20/h8,16-20,22-25H,5-7,9-10H2,1-4H3. The number of benzene rings is 1. The summed E-state index contributed by atoms with van der Waals surface area (Å²) >= 11 is 0. The zero-order chi connectivity index (χ0) is 19.9. The van der Waals surface area contributed by atoms with Crippen LogP contribution in [0.3, 0.4) is 0 Å². The first-order valence-electron chi connectivity index (χ1n) is 9.72. The van der Waals surface area contributed by atoms with Gasteiger partial charge in [-0.2, -0.15) is 0 Å². The van der Waals surface area contributed by atoms with E-state index in [0.29, 0.717) is 6.61 Å². The number of hydrogen-bond acceptors (Lipinski definition) is 6. The summed E-state index contributed by atoms with van der Waals surface area (Å²) in [6.45, 7) is 8.47. The van der Waals surface area contributed by atoms with Gasteiger partial charge in [-0.1, -0.05) is 13.0 Å². The molecule has 0 bridgehead atoms. The minimum atomic E-state index is -1.42. The fraction of sp³-hybridized carbons (Fsp3) is 0.714. The Hall–Kier alpha value is -1.02. The van der Waals surface area contributed by atoms with Gasteiger partial charge in [-0.3, -0.25) is 0 Å². The van der Waals surface area contributed by atoms with E-state index < -0.39 is 37.3 Å². The molecule has 2 aliphatic rings. The Morgan fingerprint density at radius 3 is 2.48 bits per heavy atom. The Balaban J connectivity index is 1.81. The maximum atomic E-state index is 10.2. The van der Waals surface area contributed by atoms with E-state index in [0.717, 1.165) is 19.3 Å². The van der Waals surface area contributed by atoms with E-state index in [-0.39, 0.29) is 5.41 Å². The van der Waals surface area contributed by atoms with Crippen molar-refractivity contribution in [3.05, 3.63) is 33.9 Å². The molecule has 1 aromatic carbocycles. The van der Waals surface area contributed by atoms with E-state index in [2.05, 4.69) is 33.8 Å². The molecular weight excluding hydrogens is 348 g/mol. The number of aliphatic hydroxyl groups is 4. The number of aryl methyl sites for hydroxylation is 1. The smallest absolute Gasteiger partial charge is 0.186 e. The third-order valence-corrected chi connectivity index (χ3v) is 6.51. The van der Waals surface area contributed by atoms with Gasteiger partial charge in [-0.05, 0) is 67.9 Å². The fourth-order valence-electron chi connectivity index (χ4n) is 4.41. The minimum absolute atomic E-state index is 0.227. The van der Waals surface area contributed by atoms with Crippen LogP contribution in [0.4, 0.5) is 0 Å². The molecule has 0 aromatic heterocycles. The van der Waals surface area contributed by atoms with Crippen molar-refractivity contribution < 1.29 is 29.9 Å². The maximum Gasteiger partial charge on any atom is 0.186 e. The lowest BCUT2D eigenvalue weighted by atomic mass is 9.69. The van der Waals surface area contributed by atoms with Gasteiger partial charge < -0.3 is 29.9 Å². The average Bonchev–Trinajstić information content (AvgIpc) is 2.65. The van der Waals surface area contributed by atoms with Crippen LogP contribution in [0.1, 0.15) is 47.6 Å². The Kier molecular flexibility index (Phi) is 5.96. The third-order valence-electron chi connectivity index (χ3n) is 6.51. The van der Waals surface area contributed by atoms with E-state index >= 15 is 0 Å². The Morgan fingerprint density at radius 2 is 1.81 bits per heavy atom. The first-order valence-corrected chi connectivity index (χ1v) is 9.72. The lowest BCUT2D eigenvalue weighted by molar-refractivity contribution is -0.304. The van der Waals surface area contributed by atoms with Crippen LogP contribution in [0.2, 0.25) is 0 Å². The van der Waals surface area contributed by atoms with Crippen molar-refractivity contribution in [1.82, 2.24) is 0 Å². The van der Waals surface area contributed by atoms with Crippen molar-refractivity contribution in [1.29, 1.82) is 0 Å². The summed E-state index contributed by atoms with van der Waals surface area (Å²) in [4.78, 5) is 0. The molecular formula is C21H32O6. The van der Waals surface area contributed by atoms with E-state index in [1.807, 2.05) is 0 Å². The molecule has 1 aliphatic heterocycles. The summed E-state index contributed by atoms with van der Waals surface area (Å²) in [7, 11) is 0. The predicted molar refractivity (Wildman–Crippen MR) is 101 cm³/mol. The van der Waals surface area contributed by atoms with Crippen molar-refractivity contribution >= 4 is 0 Å². The molecule has 27 heavy (non-hydrogen) atoms. The monoisotopic (exact) mass is 380 g/mol. The number of ether oxygens (including phenoxy) is 2. The van der Waals surface area contributed by atoms with Gasteiger partial charge in [-0.25, -0.2) is 0 Å². The van der Waals surface area contributed by atoms with Gasteiger partial charge in [0.1, 0.15) is 24.4 Å². The number of hydrogen-bond donors (Lipinski definition) is 4. The summed E-state index contributed by atoms with van der Waals surface area (Å²) in [5.41, 5.74) is 6.35. The second kappa shape index (κ2) is 7.78. The lowest BCUT2D eigenvalue weighted by Crippen LogP contribution is -2.59. The number of fused-ring (bicyclic) bond motifs is 1. The van der Waals surface area contributed by atoms with E-state index in [1.165, 1.54) is 27.8 Å². The molecule has 6 atom stereocenters. The molecule has 0 radical (unpaired) electrons. The lowest BCUT2D eigenvalue weighted by Gasteiger charge is -2.42. The quantitative estimate of drug-likeness (QED) is 0.623. The van der Waals surface area contributed by atoms with Crippen molar-refractivity contribution in [2.24, 2.45) is 0 Å². The summed E-state index contributed by atoms with van der Waals surface area (Å²) in [6, 6.07) is 2.24. The highest BCUT2D eigenvalue weighted by molar-refractivity contribution is 5.48. The van der Waals surface area contributed by atoms with E-state index in [9.17, 15) is 20.4 Å². The zero-order valence-electron chi connectivity index (χ0n) is 16.6.